The maximum atomic E-state index is 5.46. The van der Waals surface area contributed by atoms with Crippen LogP contribution in [0.5, 0.6) is 0 Å². The number of hydrogen-bond donors (Lipinski definition) is 0. The van der Waals surface area contributed by atoms with E-state index < -0.39 is 0 Å². The van der Waals surface area contributed by atoms with Crippen LogP contribution in [0.3, 0.4) is 0 Å². The first-order chi connectivity index (χ1) is 9.65. The minimum absolute atomic E-state index is 0.346. The number of aromatic nitrogens is 3. The van der Waals surface area contributed by atoms with Crippen LogP contribution < -0.4 is 0 Å². The lowest BCUT2D eigenvalue weighted by atomic mass is 10.1. The summed E-state index contributed by atoms with van der Waals surface area (Å²) in [7, 11) is 0. The van der Waals surface area contributed by atoms with Crippen LogP contribution in [0.4, 0.5) is 0 Å². The molecule has 0 aliphatic carbocycles. The summed E-state index contributed by atoms with van der Waals surface area (Å²) in [6.45, 7) is 8.31. The van der Waals surface area contributed by atoms with Crippen LogP contribution in [0, 0.1) is 6.92 Å². The topological polar surface area (TPSA) is 55.1 Å². The summed E-state index contributed by atoms with van der Waals surface area (Å²) in [6.07, 6.45) is 2.34. The van der Waals surface area contributed by atoms with Gasteiger partial charge in [-0.25, -0.2) is 0 Å². The molecule has 5 nitrogen and oxygen atoms in total. The second-order valence-corrected chi connectivity index (χ2v) is 6.57. The van der Waals surface area contributed by atoms with Crippen LogP contribution >= 0.6 is 11.5 Å². The van der Waals surface area contributed by atoms with Gasteiger partial charge in [0.25, 0.3) is 0 Å². The van der Waals surface area contributed by atoms with Gasteiger partial charge >= 0.3 is 0 Å². The fourth-order valence-corrected chi connectivity index (χ4v) is 3.65. The Morgan fingerprint density at radius 1 is 1.50 bits per heavy atom. The molecule has 0 bridgehead atoms. The van der Waals surface area contributed by atoms with Crippen LogP contribution in [0.15, 0.2) is 10.6 Å². The van der Waals surface area contributed by atoms with Gasteiger partial charge in [0.1, 0.15) is 0 Å². The quantitative estimate of drug-likeness (QED) is 0.865. The van der Waals surface area contributed by atoms with Crippen LogP contribution in [-0.4, -0.2) is 26.2 Å². The highest BCUT2D eigenvalue weighted by Gasteiger charge is 2.30. The molecule has 1 saturated heterocycles. The standard InChI is InChI=1S/C14H20N4OS/c1-9(2)14-13(20-17-15-14)8-18-6-4-5-11(18)12-7-10(3)16-19-12/h7,9,11H,4-6,8H2,1-3H3/t11-/m0/s1. The number of aryl methyl sites for hydroxylation is 1. The molecule has 1 aliphatic heterocycles. The van der Waals surface area contributed by atoms with E-state index in [0.29, 0.717) is 12.0 Å². The third kappa shape index (κ3) is 2.62. The molecule has 20 heavy (non-hydrogen) atoms. The van der Waals surface area contributed by atoms with E-state index in [2.05, 4.69) is 39.6 Å². The van der Waals surface area contributed by atoms with Gasteiger partial charge in [0.05, 0.1) is 22.3 Å². The van der Waals surface area contributed by atoms with Gasteiger partial charge < -0.3 is 4.52 Å². The van der Waals surface area contributed by atoms with Crippen molar-refractivity contribution in [2.24, 2.45) is 0 Å². The first-order valence-electron chi connectivity index (χ1n) is 7.13. The number of likely N-dealkylation sites (tertiary alicyclic amines) is 1. The molecule has 2 aromatic heterocycles. The van der Waals surface area contributed by atoms with Gasteiger partial charge in [-0.3, -0.25) is 4.90 Å². The van der Waals surface area contributed by atoms with E-state index in [1.54, 1.807) is 0 Å². The summed E-state index contributed by atoms with van der Waals surface area (Å²) in [6, 6.07) is 2.40. The second-order valence-electron chi connectivity index (χ2n) is 5.74. The lowest BCUT2D eigenvalue weighted by Crippen LogP contribution is -2.22. The number of nitrogens with zero attached hydrogens (tertiary/aromatic N) is 4. The molecule has 0 unspecified atom stereocenters. The lowest BCUT2D eigenvalue weighted by molar-refractivity contribution is 0.207. The Bertz CT molecular complexity index is 577. The minimum atomic E-state index is 0.346. The van der Waals surface area contributed by atoms with Gasteiger partial charge in [0.2, 0.25) is 0 Å². The molecule has 0 amide bonds. The first-order valence-corrected chi connectivity index (χ1v) is 7.91. The maximum Gasteiger partial charge on any atom is 0.154 e. The zero-order valence-corrected chi connectivity index (χ0v) is 13.0. The highest BCUT2D eigenvalue weighted by molar-refractivity contribution is 7.05. The van der Waals surface area contributed by atoms with Gasteiger partial charge in [0.15, 0.2) is 5.76 Å². The molecule has 1 fully saturated rings. The monoisotopic (exact) mass is 292 g/mol. The van der Waals surface area contributed by atoms with Crippen molar-refractivity contribution in [3.63, 3.8) is 0 Å². The normalized spacial score (nSPS) is 20.1. The molecule has 0 N–H and O–H groups in total. The summed E-state index contributed by atoms with van der Waals surface area (Å²) in [5, 5.41) is 8.28. The Labute approximate surface area is 123 Å². The third-order valence-corrected chi connectivity index (χ3v) is 4.54. The fourth-order valence-electron chi connectivity index (χ4n) is 2.83. The molecule has 1 aliphatic rings. The van der Waals surface area contributed by atoms with Gasteiger partial charge in [0, 0.05) is 12.6 Å². The summed E-state index contributed by atoms with van der Waals surface area (Å²) in [5.74, 6) is 1.42. The average molecular weight is 292 g/mol. The molecule has 108 valence electrons. The Morgan fingerprint density at radius 3 is 3.05 bits per heavy atom. The second kappa shape index (κ2) is 5.61. The van der Waals surface area contributed by atoms with Crippen molar-refractivity contribution >= 4 is 11.5 Å². The SMILES string of the molecule is Cc1cc([C@@H]2CCCN2Cc2snnc2C(C)C)on1. The molecule has 0 spiro atoms. The van der Waals surface area contributed by atoms with Crippen molar-refractivity contribution in [1.29, 1.82) is 0 Å². The summed E-state index contributed by atoms with van der Waals surface area (Å²) < 4.78 is 9.57. The molecular weight excluding hydrogens is 272 g/mol. The van der Waals surface area contributed by atoms with Crippen molar-refractivity contribution in [2.45, 2.75) is 52.1 Å². The van der Waals surface area contributed by atoms with Gasteiger partial charge in [-0.2, -0.15) is 0 Å². The molecule has 1 atom stereocenters. The van der Waals surface area contributed by atoms with Crippen molar-refractivity contribution in [2.75, 3.05) is 6.54 Å². The van der Waals surface area contributed by atoms with E-state index in [9.17, 15) is 0 Å². The van der Waals surface area contributed by atoms with Crippen LogP contribution in [0.2, 0.25) is 0 Å². The maximum absolute atomic E-state index is 5.46. The minimum Gasteiger partial charge on any atom is -0.359 e. The van der Waals surface area contributed by atoms with Crippen molar-refractivity contribution in [3.05, 3.63) is 28.1 Å². The van der Waals surface area contributed by atoms with Crippen LogP contribution in [0.25, 0.3) is 0 Å². The zero-order valence-electron chi connectivity index (χ0n) is 12.2. The lowest BCUT2D eigenvalue weighted by Gasteiger charge is -2.21. The Hall–Kier alpha value is -1.27. The Balaban J connectivity index is 1.77. The van der Waals surface area contributed by atoms with E-state index >= 15 is 0 Å². The Morgan fingerprint density at radius 2 is 2.35 bits per heavy atom. The summed E-state index contributed by atoms with van der Waals surface area (Å²) >= 11 is 1.52. The smallest absolute Gasteiger partial charge is 0.154 e. The van der Waals surface area contributed by atoms with Crippen molar-refractivity contribution in [1.82, 2.24) is 19.6 Å². The number of hydrogen-bond acceptors (Lipinski definition) is 6. The molecule has 3 heterocycles. The predicted octanol–water partition coefficient (Wildman–Crippen LogP) is 3.30. The van der Waals surface area contributed by atoms with E-state index in [4.69, 9.17) is 4.52 Å². The molecule has 0 saturated carbocycles. The van der Waals surface area contributed by atoms with E-state index in [-0.39, 0.29) is 0 Å². The fraction of sp³-hybridized carbons (Fsp3) is 0.643. The van der Waals surface area contributed by atoms with E-state index in [1.807, 2.05) is 6.92 Å². The summed E-state index contributed by atoms with van der Waals surface area (Å²) in [4.78, 5) is 3.74. The van der Waals surface area contributed by atoms with Crippen molar-refractivity contribution in [3.8, 4) is 0 Å². The molecule has 2 aromatic rings. The highest BCUT2D eigenvalue weighted by Crippen LogP contribution is 2.34. The summed E-state index contributed by atoms with van der Waals surface area (Å²) in [5.41, 5.74) is 2.09. The van der Waals surface area contributed by atoms with Gasteiger partial charge in [-0.15, -0.1) is 5.10 Å². The predicted molar refractivity (Wildman–Crippen MR) is 77.6 cm³/mol. The van der Waals surface area contributed by atoms with Crippen LogP contribution in [0.1, 0.15) is 60.7 Å². The average Bonchev–Trinajstić information content (AvgIpc) is 3.09. The van der Waals surface area contributed by atoms with Crippen LogP contribution in [-0.2, 0) is 6.54 Å². The first kappa shape index (κ1) is 13.7. The Kier molecular flexibility index (Phi) is 3.85. The zero-order chi connectivity index (χ0) is 14.1. The number of rotatable bonds is 4. The van der Waals surface area contributed by atoms with E-state index in [1.165, 1.54) is 22.8 Å². The molecule has 6 heteroatoms. The molecule has 0 radical (unpaired) electrons. The molecule has 3 rings (SSSR count). The van der Waals surface area contributed by atoms with Crippen molar-refractivity contribution < 1.29 is 4.52 Å². The largest absolute Gasteiger partial charge is 0.359 e. The molecular formula is C14H20N4OS. The third-order valence-electron chi connectivity index (χ3n) is 3.82. The van der Waals surface area contributed by atoms with Gasteiger partial charge in [-0.1, -0.05) is 23.5 Å². The highest BCUT2D eigenvalue weighted by atomic mass is 32.1. The van der Waals surface area contributed by atoms with Gasteiger partial charge in [-0.05, 0) is 43.8 Å². The van der Waals surface area contributed by atoms with E-state index in [0.717, 1.165) is 36.7 Å². The molecule has 0 aromatic carbocycles.